The number of H-pyrrole nitrogens is 1. The van der Waals surface area contributed by atoms with Crippen LogP contribution in [0.4, 0.5) is 0 Å². The summed E-state index contributed by atoms with van der Waals surface area (Å²) < 4.78 is 0. The highest BCUT2D eigenvalue weighted by atomic mass is 35.5. The van der Waals surface area contributed by atoms with Crippen LogP contribution < -0.4 is 5.32 Å². The van der Waals surface area contributed by atoms with Crippen LogP contribution in [-0.4, -0.2) is 22.5 Å². The first-order chi connectivity index (χ1) is 11.6. The summed E-state index contributed by atoms with van der Waals surface area (Å²) in [5.74, 6) is -0.0605. The number of carbonyl (C=O) groups excluding carboxylic acids is 1. The maximum absolute atomic E-state index is 11.1. The fourth-order valence-electron chi connectivity index (χ4n) is 2.90. The molecule has 4 nitrogen and oxygen atoms in total. The van der Waals surface area contributed by atoms with Gasteiger partial charge in [-0.2, -0.15) is 0 Å². The number of para-hydroxylation sites is 1. The van der Waals surface area contributed by atoms with E-state index in [1.807, 2.05) is 36.4 Å². The van der Waals surface area contributed by atoms with E-state index in [2.05, 4.69) is 10.3 Å². The van der Waals surface area contributed by atoms with Gasteiger partial charge in [-0.3, -0.25) is 4.79 Å². The minimum atomic E-state index is -0.776. The Labute approximate surface area is 145 Å². The molecule has 0 radical (unpaired) electrons. The van der Waals surface area contributed by atoms with Crippen molar-refractivity contribution in [2.45, 2.75) is 19.4 Å². The third kappa shape index (κ3) is 3.45. The minimum Gasteiger partial charge on any atom is -0.382 e. The molecule has 0 aliphatic heterocycles. The molecule has 0 fully saturated rings. The SMILES string of the molecule is CC(=O)NCCc1c(C(O)c2ccc(Cl)cc2)[nH]c2ccccc12. The zero-order valence-corrected chi connectivity index (χ0v) is 14.1. The number of aliphatic hydroxyl groups excluding tert-OH is 1. The van der Waals surface area contributed by atoms with Gasteiger partial charge in [0.05, 0.1) is 5.69 Å². The monoisotopic (exact) mass is 342 g/mol. The van der Waals surface area contributed by atoms with Crippen molar-refractivity contribution in [1.29, 1.82) is 0 Å². The van der Waals surface area contributed by atoms with Crippen molar-refractivity contribution in [2.75, 3.05) is 6.54 Å². The number of rotatable bonds is 5. The molecule has 0 aliphatic carbocycles. The number of hydrogen-bond donors (Lipinski definition) is 3. The Balaban J connectivity index is 1.99. The second-order valence-electron chi connectivity index (χ2n) is 5.75. The van der Waals surface area contributed by atoms with E-state index in [0.29, 0.717) is 18.0 Å². The van der Waals surface area contributed by atoms with E-state index in [4.69, 9.17) is 11.6 Å². The lowest BCUT2D eigenvalue weighted by Crippen LogP contribution is -2.22. The molecule has 24 heavy (non-hydrogen) atoms. The molecule has 5 heteroatoms. The molecule has 124 valence electrons. The lowest BCUT2D eigenvalue weighted by molar-refractivity contribution is -0.118. The van der Waals surface area contributed by atoms with Gasteiger partial charge in [-0.05, 0) is 35.7 Å². The zero-order chi connectivity index (χ0) is 17.1. The Morgan fingerprint density at radius 3 is 2.62 bits per heavy atom. The number of carbonyl (C=O) groups is 1. The van der Waals surface area contributed by atoms with E-state index in [0.717, 1.165) is 27.7 Å². The standard InChI is InChI=1S/C19H19ClN2O2/c1-12(23)21-11-10-16-15-4-2-3-5-17(15)22-18(16)19(24)13-6-8-14(20)9-7-13/h2-9,19,22,24H,10-11H2,1H3,(H,21,23). The van der Waals surface area contributed by atoms with Crippen molar-refractivity contribution in [1.82, 2.24) is 10.3 Å². The molecule has 3 N–H and O–H groups in total. The quantitative estimate of drug-likeness (QED) is 0.663. The van der Waals surface area contributed by atoms with Crippen LogP contribution in [0.1, 0.15) is 29.8 Å². The molecule has 0 saturated carbocycles. The van der Waals surface area contributed by atoms with Gasteiger partial charge in [0.15, 0.2) is 0 Å². The number of halogens is 1. The summed E-state index contributed by atoms with van der Waals surface area (Å²) in [5, 5.41) is 15.3. The van der Waals surface area contributed by atoms with Gasteiger partial charge in [0.1, 0.15) is 6.10 Å². The van der Waals surface area contributed by atoms with Crippen molar-refractivity contribution in [3.63, 3.8) is 0 Å². The van der Waals surface area contributed by atoms with Crippen molar-refractivity contribution in [3.8, 4) is 0 Å². The summed E-state index contributed by atoms with van der Waals surface area (Å²) >= 11 is 5.93. The molecule has 1 heterocycles. The molecule has 1 amide bonds. The second-order valence-corrected chi connectivity index (χ2v) is 6.19. The molecule has 2 aromatic carbocycles. The Kier molecular flexibility index (Phi) is 4.88. The molecule has 3 rings (SSSR count). The van der Waals surface area contributed by atoms with Gasteiger partial charge in [0, 0.05) is 29.4 Å². The maximum Gasteiger partial charge on any atom is 0.216 e. The third-order valence-corrected chi connectivity index (χ3v) is 4.31. The van der Waals surface area contributed by atoms with Crippen LogP contribution in [0.2, 0.25) is 5.02 Å². The topological polar surface area (TPSA) is 65.1 Å². The Bertz CT molecular complexity index is 855. The Hall–Kier alpha value is -2.30. The van der Waals surface area contributed by atoms with Crippen LogP contribution >= 0.6 is 11.6 Å². The van der Waals surface area contributed by atoms with Crippen LogP contribution in [0.25, 0.3) is 10.9 Å². The van der Waals surface area contributed by atoms with Crippen molar-refractivity contribution in [2.24, 2.45) is 0 Å². The number of aromatic amines is 1. The predicted molar refractivity (Wildman–Crippen MR) is 96.2 cm³/mol. The van der Waals surface area contributed by atoms with Crippen LogP contribution in [0.5, 0.6) is 0 Å². The van der Waals surface area contributed by atoms with Crippen molar-refractivity contribution in [3.05, 3.63) is 70.4 Å². The first kappa shape index (κ1) is 16.6. The zero-order valence-electron chi connectivity index (χ0n) is 13.3. The number of fused-ring (bicyclic) bond motifs is 1. The van der Waals surface area contributed by atoms with E-state index in [-0.39, 0.29) is 5.91 Å². The van der Waals surface area contributed by atoms with Crippen molar-refractivity contribution >= 4 is 28.4 Å². The third-order valence-electron chi connectivity index (χ3n) is 4.05. The molecular formula is C19H19ClN2O2. The molecule has 0 aliphatic rings. The fraction of sp³-hybridized carbons (Fsp3) is 0.211. The van der Waals surface area contributed by atoms with Gasteiger partial charge >= 0.3 is 0 Å². The highest BCUT2D eigenvalue weighted by molar-refractivity contribution is 6.30. The van der Waals surface area contributed by atoms with Gasteiger partial charge in [0.25, 0.3) is 0 Å². The minimum absolute atomic E-state index is 0.0605. The second kappa shape index (κ2) is 7.07. The first-order valence-corrected chi connectivity index (χ1v) is 8.21. The smallest absolute Gasteiger partial charge is 0.216 e. The summed E-state index contributed by atoms with van der Waals surface area (Å²) in [6, 6.07) is 15.1. The molecule has 0 bridgehead atoms. The average Bonchev–Trinajstić information content (AvgIpc) is 2.93. The molecule has 1 unspecified atom stereocenters. The number of hydrogen-bond acceptors (Lipinski definition) is 2. The van der Waals surface area contributed by atoms with E-state index >= 15 is 0 Å². The molecule has 1 aromatic heterocycles. The summed E-state index contributed by atoms with van der Waals surface area (Å²) in [6.45, 7) is 2.02. The number of aromatic nitrogens is 1. The normalized spacial score (nSPS) is 12.3. The summed E-state index contributed by atoms with van der Waals surface area (Å²) in [5.41, 5.74) is 3.51. The van der Waals surface area contributed by atoms with Gasteiger partial charge in [-0.1, -0.05) is 41.9 Å². The molecule has 0 saturated heterocycles. The predicted octanol–water partition coefficient (Wildman–Crippen LogP) is 3.58. The Morgan fingerprint density at radius 1 is 1.21 bits per heavy atom. The summed E-state index contributed by atoms with van der Waals surface area (Å²) in [7, 11) is 0. The number of amides is 1. The fourth-order valence-corrected chi connectivity index (χ4v) is 3.02. The first-order valence-electron chi connectivity index (χ1n) is 7.83. The van der Waals surface area contributed by atoms with E-state index in [1.54, 1.807) is 12.1 Å². The number of benzene rings is 2. The summed E-state index contributed by atoms with van der Waals surface area (Å²) in [6.07, 6.45) is -0.133. The van der Waals surface area contributed by atoms with E-state index < -0.39 is 6.10 Å². The van der Waals surface area contributed by atoms with Crippen LogP contribution in [0, 0.1) is 0 Å². The average molecular weight is 343 g/mol. The Morgan fingerprint density at radius 2 is 1.92 bits per heavy atom. The van der Waals surface area contributed by atoms with Crippen LogP contribution in [0.15, 0.2) is 48.5 Å². The van der Waals surface area contributed by atoms with Gasteiger partial charge in [-0.25, -0.2) is 0 Å². The molecule has 1 atom stereocenters. The van der Waals surface area contributed by atoms with Gasteiger partial charge in [0.2, 0.25) is 5.91 Å². The highest BCUT2D eigenvalue weighted by Gasteiger charge is 2.19. The molecule has 3 aromatic rings. The van der Waals surface area contributed by atoms with Crippen LogP contribution in [-0.2, 0) is 11.2 Å². The lowest BCUT2D eigenvalue weighted by Gasteiger charge is -2.13. The van der Waals surface area contributed by atoms with Crippen molar-refractivity contribution < 1.29 is 9.90 Å². The molecule has 0 spiro atoms. The van der Waals surface area contributed by atoms with Gasteiger partial charge in [-0.15, -0.1) is 0 Å². The van der Waals surface area contributed by atoms with E-state index in [1.165, 1.54) is 6.92 Å². The lowest BCUT2D eigenvalue weighted by atomic mass is 10.00. The van der Waals surface area contributed by atoms with Crippen LogP contribution in [0.3, 0.4) is 0 Å². The summed E-state index contributed by atoms with van der Waals surface area (Å²) in [4.78, 5) is 14.4. The number of aliphatic hydroxyl groups is 1. The largest absolute Gasteiger partial charge is 0.382 e. The highest BCUT2D eigenvalue weighted by Crippen LogP contribution is 2.31. The molecular weight excluding hydrogens is 324 g/mol. The van der Waals surface area contributed by atoms with Gasteiger partial charge < -0.3 is 15.4 Å². The van der Waals surface area contributed by atoms with E-state index in [9.17, 15) is 9.90 Å². The number of nitrogens with one attached hydrogen (secondary N) is 2. The maximum atomic E-state index is 11.1.